The number of carbonyl (C=O) groups is 1. The van der Waals surface area contributed by atoms with Crippen LogP contribution in [0.15, 0.2) is 48.5 Å². The number of aromatic nitrogens is 1. The van der Waals surface area contributed by atoms with Crippen LogP contribution in [0.25, 0.3) is 10.9 Å². The monoisotopic (exact) mass is 325 g/mol. The van der Waals surface area contributed by atoms with Gasteiger partial charge in [-0.15, -0.1) is 0 Å². The number of carbonyl (C=O) groups excluding carboxylic acids is 1. The summed E-state index contributed by atoms with van der Waals surface area (Å²) in [7, 11) is 0. The van der Waals surface area contributed by atoms with E-state index in [2.05, 4.69) is 0 Å². The lowest BCUT2D eigenvalue weighted by molar-refractivity contribution is -0.143. The van der Waals surface area contributed by atoms with Crippen molar-refractivity contribution >= 4 is 16.9 Å². The second-order valence-corrected chi connectivity index (χ2v) is 5.78. The van der Waals surface area contributed by atoms with Crippen molar-refractivity contribution in [2.24, 2.45) is 0 Å². The third-order valence-corrected chi connectivity index (χ3v) is 4.23. The van der Waals surface area contributed by atoms with E-state index in [0.717, 1.165) is 27.7 Å². The van der Waals surface area contributed by atoms with Crippen LogP contribution in [-0.2, 0) is 22.5 Å². The standard InChI is InChI=1S/C20H20FNO2/c1-3-24-20(23)13-22-14(2)17(11-15-7-5-4-6-8-15)18-12-16(21)9-10-19(18)22/h4-10,12H,3,11,13H2,1-2H3. The minimum atomic E-state index is -0.284. The van der Waals surface area contributed by atoms with Gasteiger partial charge in [-0.05, 0) is 49.6 Å². The molecule has 0 fully saturated rings. The van der Waals surface area contributed by atoms with Crippen LogP contribution in [0.4, 0.5) is 4.39 Å². The first-order valence-corrected chi connectivity index (χ1v) is 8.07. The van der Waals surface area contributed by atoms with Crippen molar-refractivity contribution in [2.75, 3.05) is 6.61 Å². The molecule has 0 atom stereocenters. The smallest absolute Gasteiger partial charge is 0.325 e. The van der Waals surface area contributed by atoms with Gasteiger partial charge in [0.1, 0.15) is 12.4 Å². The van der Waals surface area contributed by atoms with E-state index >= 15 is 0 Å². The van der Waals surface area contributed by atoms with E-state index in [1.54, 1.807) is 19.1 Å². The van der Waals surface area contributed by atoms with Crippen molar-refractivity contribution in [3.63, 3.8) is 0 Å². The molecular weight excluding hydrogens is 305 g/mol. The van der Waals surface area contributed by atoms with Crippen LogP contribution in [0.1, 0.15) is 23.7 Å². The molecule has 0 radical (unpaired) electrons. The summed E-state index contributed by atoms with van der Waals surface area (Å²) in [4.78, 5) is 11.9. The summed E-state index contributed by atoms with van der Waals surface area (Å²) in [6.45, 7) is 4.24. The fraction of sp³-hybridized carbons (Fsp3) is 0.250. The summed E-state index contributed by atoms with van der Waals surface area (Å²) in [5, 5.41) is 0.848. The molecule has 0 bridgehead atoms. The van der Waals surface area contributed by atoms with Crippen molar-refractivity contribution in [3.05, 3.63) is 71.2 Å². The first-order chi connectivity index (χ1) is 11.6. The van der Waals surface area contributed by atoms with Crippen LogP contribution in [0.2, 0.25) is 0 Å². The van der Waals surface area contributed by atoms with Gasteiger partial charge in [-0.25, -0.2) is 4.39 Å². The van der Waals surface area contributed by atoms with Crippen LogP contribution in [-0.4, -0.2) is 17.1 Å². The van der Waals surface area contributed by atoms with E-state index in [0.29, 0.717) is 13.0 Å². The van der Waals surface area contributed by atoms with Crippen LogP contribution < -0.4 is 0 Å². The molecule has 1 aromatic heterocycles. The molecule has 0 N–H and O–H groups in total. The quantitative estimate of drug-likeness (QED) is 0.657. The highest BCUT2D eigenvalue weighted by Crippen LogP contribution is 2.29. The Morgan fingerprint density at radius 2 is 1.92 bits per heavy atom. The minimum absolute atomic E-state index is 0.136. The van der Waals surface area contributed by atoms with Crippen molar-refractivity contribution in [2.45, 2.75) is 26.8 Å². The average molecular weight is 325 g/mol. The number of rotatable bonds is 5. The van der Waals surface area contributed by atoms with E-state index in [9.17, 15) is 9.18 Å². The van der Waals surface area contributed by atoms with Gasteiger partial charge in [0.05, 0.1) is 6.61 Å². The summed E-state index contributed by atoms with van der Waals surface area (Å²) in [6.07, 6.45) is 0.697. The van der Waals surface area contributed by atoms with Gasteiger partial charge in [0.2, 0.25) is 0 Å². The molecule has 4 heteroatoms. The van der Waals surface area contributed by atoms with Gasteiger partial charge in [-0.2, -0.15) is 0 Å². The van der Waals surface area contributed by atoms with Crippen LogP contribution in [0.5, 0.6) is 0 Å². The van der Waals surface area contributed by atoms with E-state index < -0.39 is 0 Å². The van der Waals surface area contributed by atoms with Crippen LogP contribution in [0.3, 0.4) is 0 Å². The molecule has 3 nitrogen and oxygen atoms in total. The Hall–Kier alpha value is -2.62. The maximum atomic E-state index is 13.8. The zero-order valence-corrected chi connectivity index (χ0v) is 13.9. The van der Waals surface area contributed by atoms with Crippen LogP contribution in [0, 0.1) is 12.7 Å². The van der Waals surface area contributed by atoms with E-state index in [-0.39, 0.29) is 18.3 Å². The predicted molar refractivity (Wildman–Crippen MR) is 92.5 cm³/mol. The summed E-state index contributed by atoms with van der Waals surface area (Å²) < 4.78 is 20.8. The maximum Gasteiger partial charge on any atom is 0.325 e. The first kappa shape index (κ1) is 16.2. The fourth-order valence-electron chi connectivity index (χ4n) is 3.09. The Labute approximate surface area is 140 Å². The molecule has 0 saturated heterocycles. The lowest BCUT2D eigenvalue weighted by Gasteiger charge is -2.08. The minimum Gasteiger partial charge on any atom is -0.465 e. The summed E-state index contributed by atoms with van der Waals surface area (Å²) in [5.41, 5.74) is 4.01. The van der Waals surface area contributed by atoms with E-state index in [4.69, 9.17) is 4.74 Å². The van der Waals surface area contributed by atoms with Crippen LogP contribution >= 0.6 is 0 Å². The number of nitrogens with zero attached hydrogens (tertiary/aromatic N) is 1. The fourth-order valence-corrected chi connectivity index (χ4v) is 3.09. The molecule has 0 aliphatic rings. The molecule has 3 aromatic rings. The van der Waals surface area contributed by atoms with Gasteiger partial charge in [0.25, 0.3) is 0 Å². The average Bonchev–Trinajstić information content (AvgIpc) is 2.81. The molecule has 2 aromatic carbocycles. The lowest BCUT2D eigenvalue weighted by Crippen LogP contribution is -2.14. The maximum absolute atomic E-state index is 13.8. The molecule has 1 heterocycles. The SMILES string of the molecule is CCOC(=O)Cn1c(C)c(Cc2ccccc2)c2cc(F)ccc21. The zero-order chi connectivity index (χ0) is 17.1. The summed E-state index contributed by atoms with van der Waals surface area (Å²) in [6, 6.07) is 14.7. The molecule has 0 aliphatic heterocycles. The van der Waals surface area contributed by atoms with Gasteiger partial charge >= 0.3 is 5.97 Å². The number of benzene rings is 2. The van der Waals surface area contributed by atoms with Crippen molar-refractivity contribution in [1.82, 2.24) is 4.57 Å². The normalized spacial score (nSPS) is 11.0. The Kier molecular flexibility index (Phi) is 4.65. The molecule has 0 saturated carbocycles. The molecule has 24 heavy (non-hydrogen) atoms. The van der Waals surface area contributed by atoms with Gasteiger partial charge in [0.15, 0.2) is 0 Å². The summed E-state index contributed by atoms with van der Waals surface area (Å²) in [5.74, 6) is -0.557. The Bertz CT molecular complexity index is 868. The largest absolute Gasteiger partial charge is 0.465 e. The molecule has 0 unspecified atom stereocenters. The predicted octanol–water partition coefficient (Wildman–Crippen LogP) is 4.24. The highest BCUT2D eigenvalue weighted by molar-refractivity contribution is 5.87. The third kappa shape index (κ3) is 3.18. The number of ether oxygens (including phenoxy) is 1. The zero-order valence-electron chi connectivity index (χ0n) is 13.9. The molecule has 3 rings (SSSR count). The highest BCUT2D eigenvalue weighted by atomic mass is 19.1. The number of hydrogen-bond acceptors (Lipinski definition) is 2. The number of esters is 1. The van der Waals surface area contributed by atoms with Crippen molar-refractivity contribution in [3.8, 4) is 0 Å². The Morgan fingerprint density at radius 1 is 1.17 bits per heavy atom. The molecular formula is C20H20FNO2. The number of fused-ring (bicyclic) bond motifs is 1. The van der Waals surface area contributed by atoms with Crippen molar-refractivity contribution < 1.29 is 13.9 Å². The second kappa shape index (κ2) is 6.87. The van der Waals surface area contributed by atoms with E-state index in [1.807, 2.05) is 41.8 Å². The van der Waals surface area contributed by atoms with Gasteiger partial charge in [-0.1, -0.05) is 30.3 Å². The molecule has 0 aliphatic carbocycles. The highest BCUT2D eigenvalue weighted by Gasteiger charge is 2.17. The number of hydrogen-bond donors (Lipinski definition) is 0. The number of halogens is 1. The first-order valence-electron chi connectivity index (χ1n) is 8.07. The van der Waals surface area contributed by atoms with Gasteiger partial charge < -0.3 is 9.30 Å². The molecule has 0 amide bonds. The van der Waals surface area contributed by atoms with E-state index in [1.165, 1.54) is 6.07 Å². The summed E-state index contributed by atoms with van der Waals surface area (Å²) >= 11 is 0. The van der Waals surface area contributed by atoms with Gasteiger partial charge in [-0.3, -0.25) is 4.79 Å². The van der Waals surface area contributed by atoms with Crippen molar-refractivity contribution in [1.29, 1.82) is 0 Å². The Morgan fingerprint density at radius 3 is 2.62 bits per heavy atom. The topological polar surface area (TPSA) is 31.2 Å². The third-order valence-electron chi connectivity index (χ3n) is 4.23. The second-order valence-electron chi connectivity index (χ2n) is 5.78. The van der Waals surface area contributed by atoms with Gasteiger partial charge in [0, 0.05) is 16.6 Å². The molecule has 0 spiro atoms. The Balaban J connectivity index is 2.09. The lowest BCUT2D eigenvalue weighted by atomic mass is 10.0. The molecule has 124 valence electrons.